The number of halogens is 1. The molecule has 1 N–H and O–H groups in total. The Morgan fingerprint density at radius 3 is 2.70 bits per heavy atom. The Morgan fingerprint density at radius 1 is 1.22 bits per heavy atom. The fourth-order valence-corrected chi connectivity index (χ4v) is 4.94. The monoisotopic (exact) mass is 415 g/mol. The summed E-state index contributed by atoms with van der Waals surface area (Å²) in [5, 5.41) is 4.66. The van der Waals surface area contributed by atoms with E-state index in [1.807, 2.05) is 42.6 Å². The first-order valence-corrected chi connectivity index (χ1v) is 10.1. The molecule has 3 aromatic rings. The number of thiophene rings is 1. The van der Waals surface area contributed by atoms with Crippen LogP contribution in [0.5, 0.6) is 5.75 Å². The van der Waals surface area contributed by atoms with Gasteiger partial charge in [0.15, 0.2) is 5.11 Å². The van der Waals surface area contributed by atoms with Gasteiger partial charge in [-0.2, -0.15) is 0 Å². The molecule has 2 aromatic heterocycles. The number of ether oxygens (including phenoxy) is 1. The standard InChI is InChI=1S/C20H18ClN3OS2/c1-12-6-9-17(27-12)19-18(15-5-3-4-10-22-15)23-20(26)24(19)13-7-8-16(25-2)14(21)11-13/h3-11,18-19H,1-2H3,(H,23,26)/t18-,19+/m0/s1. The Labute approximate surface area is 172 Å². The fourth-order valence-electron chi connectivity index (χ4n) is 3.34. The molecule has 0 radical (unpaired) electrons. The van der Waals surface area contributed by atoms with Crippen molar-refractivity contribution in [2.24, 2.45) is 0 Å². The minimum atomic E-state index is -0.0439. The first-order chi connectivity index (χ1) is 13.1. The average molecular weight is 416 g/mol. The number of aromatic nitrogens is 1. The van der Waals surface area contributed by atoms with E-state index in [0.29, 0.717) is 15.9 Å². The van der Waals surface area contributed by atoms with Crippen LogP contribution in [0.15, 0.2) is 54.7 Å². The van der Waals surface area contributed by atoms with Gasteiger partial charge in [0, 0.05) is 21.6 Å². The van der Waals surface area contributed by atoms with Gasteiger partial charge >= 0.3 is 0 Å². The van der Waals surface area contributed by atoms with E-state index in [1.54, 1.807) is 18.4 Å². The lowest BCUT2D eigenvalue weighted by molar-refractivity contribution is 0.415. The minimum absolute atomic E-state index is 0.00411. The summed E-state index contributed by atoms with van der Waals surface area (Å²) in [7, 11) is 1.61. The zero-order valence-corrected chi connectivity index (χ0v) is 17.2. The van der Waals surface area contributed by atoms with Crippen LogP contribution in [0.2, 0.25) is 5.02 Å². The molecule has 2 atom stereocenters. The molecular formula is C20H18ClN3OS2. The third-order valence-electron chi connectivity index (χ3n) is 4.56. The van der Waals surface area contributed by atoms with Crippen molar-refractivity contribution >= 4 is 46.0 Å². The topological polar surface area (TPSA) is 37.4 Å². The van der Waals surface area contributed by atoms with Crippen LogP contribution in [0.3, 0.4) is 0 Å². The van der Waals surface area contributed by atoms with Gasteiger partial charge in [-0.1, -0.05) is 17.7 Å². The molecule has 0 amide bonds. The molecule has 138 valence electrons. The highest BCUT2D eigenvalue weighted by Gasteiger charge is 2.41. The molecule has 7 heteroatoms. The molecule has 1 fully saturated rings. The molecule has 1 aliphatic rings. The highest BCUT2D eigenvalue weighted by atomic mass is 35.5. The second-order valence-electron chi connectivity index (χ2n) is 6.26. The lowest BCUT2D eigenvalue weighted by atomic mass is 10.0. The number of anilines is 1. The first-order valence-electron chi connectivity index (χ1n) is 8.49. The Balaban J connectivity index is 1.81. The molecule has 27 heavy (non-hydrogen) atoms. The molecule has 0 aliphatic carbocycles. The van der Waals surface area contributed by atoms with Gasteiger partial charge in [0.2, 0.25) is 0 Å². The summed E-state index contributed by atoms with van der Waals surface area (Å²) in [5.41, 5.74) is 1.88. The van der Waals surface area contributed by atoms with E-state index in [2.05, 4.69) is 34.3 Å². The largest absolute Gasteiger partial charge is 0.495 e. The number of thiocarbonyl (C=S) groups is 1. The van der Waals surface area contributed by atoms with Crippen LogP contribution < -0.4 is 15.0 Å². The van der Waals surface area contributed by atoms with E-state index in [0.717, 1.165) is 11.4 Å². The van der Waals surface area contributed by atoms with Crippen molar-refractivity contribution < 1.29 is 4.74 Å². The van der Waals surface area contributed by atoms with E-state index in [9.17, 15) is 0 Å². The normalized spacial score (nSPS) is 19.2. The van der Waals surface area contributed by atoms with Crippen LogP contribution in [0.1, 0.15) is 27.5 Å². The van der Waals surface area contributed by atoms with E-state index < -0.39 is 0 Å². The van der Waals surface area contributed by atoms with Crippen LogP contribution in [0.4, 0.5) is 5.69 Å². The summed E-state index contributed by atoms with van der Waals surface area (Å²) < 4.78 is 5.29. The predicted octanol–water partition coefficient (Wildman–Crippen LogP) is 5.29. The number of benzene rings is 1. The Kier molecular flexibility index (Phi) is 5.04. The number of hydrogen-bond acceptors (Lipinski definition) is 4. The number of nitrogens with one attached hydrogen (secondary N) is 1. The number of aryl methyl sites for hydroxylation is 1. The zero-order valence-electron chi connectivity index (χ0n) is 14.8. The minimum Gasteiger partial charge on any atom is -0.495 e. The zero-order chi connectivity index (χ0) is 19.0. The predicted molar refractivity (Wildman–Crippen MR) is 115 cm³/mol. The molecule has 1 aliphatic heterocycles. The van der Waals surface area contributed by atoms with Crippen LogP contribution in [-0.4, -0.2) is 17.2 Å². The molecule has 4 rings (SSSR count). The van der Waals surface area contributed by atoms with E-state index >= 15 is 0 Å². The fraction of sp³-hybridized carbons (Fsp3) is 0.200. The van der Waals surface area contributed by atoms with Gasteiger partial charge < -0.3 is 15.0 Å². The maximum atomic E-state index is 6.38. The van der Waals surface area contributed by atoms with Crippen molar-refractivity contribution in [3.8, 4) is 5.75 Å². The number of methoxy groups -OCH3 is 1. The summed E-state index contributed by atoms with van der Waals surface area (Å²) in [6.07, 6.45) is 1.81. The van der Waals surface area contributed by atoms with Gasteiger partial charge in [-0.15, -0.1) is 11.3 Å². The van der Waals surface area contributed by atoms with E-state index in [-0.39, 0.29) is 12.1 Å². The molecule has 3 heterocycles. The SMILES string of the molecule is COc1ccc(N2C(=S)N[C@@H](c3ccccn3)[C@H]2c2ccc(C)s2)cc1Cl. The van der Waals surface area contributed by atoms with Crippen molar-refractivity contribution in [1.29, 1.82) is 0 Å². The number of hydrogen-bond donors (Lipinski definition) is 1. The summed E-state index contributed by atoms with van der Waals surface area (Å²) >= 11 is 13.9. The van der Waals surface area contributed by atoms with Crippen LogP contribution >= 0.6 is 35.2 Å². The van der Waals surface area contributed by atoms with E-state index in [1.165, 1.54) is 9.75 Å². The lowest BCUT2D eigenvalue weighted by Gasteiger charge is -2.27. The molecular weight excluding hydrogens is 398 g/mol. The second kappa shape index (κ2) is 7.46. The van der Waals surface area contributed by atoms with Gasteiger partial charge in [-0.25, -0.2) is 0 Å². The lowest BCUT2D eigenvalue weighted by Crippen LogP contribution is -2.29. The van der Waals surface area contributed by atoms with Gasteiger partial charge in [-0.05, 0) is 61.6 Å². The van der Waals surface area contributed by atoms with Crippen LogP contribution in [0, 0.1) is 6.92 Å². The summed E-state index contributed by atoms with van der Waals surface area (Å²) in [5.74, 6) is 0.642. The number of nitrogens with zero attached hydrogens (tertiary/aromatic N) is 2. The van der Waals surface area contributed by atoms with Gasteiger partial charge in [0.1, 0.15) is 5.75 Å². The van der Waals surface area contributed by atoms with Crippen LogP contribution in [-0.2, 0) is 0 Å². The Bertz CT molecular complexity index is 976. The summed E-state index contributed by atoms with van der Waals surface area (Å²) in [4.78, 5) is 9.16. The van der Waals surface area contributed by atoms with Crippen LogP contribution in [0.25, 0.3) is 0 Å². The highest BCUT2D eigenvalue weighted by Crippen LogP contribution is 2.44. The quantitative estimate of drug-likeness (QED) is 0.586. The average Bonchev–Trinajstić information content (AvgIpc) is 3.25. The molecule has 0 bridgehead atoms. The van der Waals surface area contributed by atoms with E-state index in [4.69, 9.17) is 28.6 Å². The van der Waals surface area contributed by atoms with Crippen molar-refractivity contribution in [3.05, 3.63) is 75.2 Å². The molecule has 0 spiro atoms. The molecule has 1 aromatic carbocycles. The van der Waals surface area contributed by atoms with Crippen molar-refractivity contribution in [3.63, 3.8) is 0 Å². The third kappa shape index (κ3) is 3.40. The first kappa shape index (κ1) is 18.2. The third-order valence-corrected chi connectivity index (χ3v) is 6.25. The maximum absolute atomic E-state index is 6.38. The number of pyridine rings is 1. The molecule has 4 nitrogen and oxygen atoms in total. The Hall–Kier alpha value is -2.15. The van der Waals surface area contributed by atoms with Crippen molar-refractivity contribution in [2.75, 3.05) is 12.0 Å². The summed E-state index contributed by atoms with van der Waals surface area (Å²) in [6.45, 7) is 2.11. The van der Waals surface area contributed by atoms with Gasteiger partial charge in [0.05, 0.1) is 29.9 Å². The summed E-state index contributed by atoms with van der Waals surface area (Å²) in [6, 6.07) is 15.9. The molecule has 0 saturated carbocycles. The van der Waals surface area contributed by atoms with Crippen molar-refractivity contribution in [2.45, 2.75) is 19.0 Å². The highest BCUT2D eigenvalue weighted by molar-refractivity contribution is 7.80. The smallest absolute Gasteiger partial charge is 0.174 e. The maximum Gasteiger partial charge on any atom is 0.174 e. The van der Waals surface area contributed by atoms with Gasteiger partial charge in [0.25, 0.3) is 0 Å². The Morgan fingerprint density at radius 2 is 2.07 bits per heavy atom. The second-order valence-corrected chi connectivity index (χ2v) is 8.38. The van der Waals surface area contributed by atoms with Crippen molar-refractivity contribution in [1.82, 2.24) is 10.3 Å². The molecule has 1 saturated heterocycles. The molecule has 0 unspecified atom stereocenters. The van der Waals surface area contributed by atoms with Gasteiger partial charge in [-0.3, -0.25) is 4.98 Å². The number of rotatable bonds is 4.